The van der Waals surface area contributed by atoms with Crippen molar-refractivity contribution in [2.24, 2.45) is 0 Å². The SMILES string of the molecule is c1ccc(CP(Cc2ccccc2)[C]23[CH]4[CH]5[CH]6[CH]2[Co]56432789[CH]3[CH]2[CH]7[CH]8[CH]39)cc1. The van der Waals surface area contributed by atoms with Gasteiger partial charge in [0.25, 0.3) is 0 Å². The van der Waals surface area contributed by atoms with E-state index in [0.29, 0.717) is 0 Å². The van der Waals surface area contributed by atoms with E-state index in [-0.39, 0.29) is 7.92 Å². The van der Waals surface area contributed by atoms with E-state index in [1.807, 2.05) is 0 Å². The second-order valence-electron chi connectivity index (χ2n) is 13.0. The summed E-state index contributed by atoms with van der Waals surface area (Å²) in [5.74, 6) is 0. The molecule has 10 saturated heterocycles. The molecule has 133 valence electrons. The van der Waals surface area contributed by atoms with Gasteiger partial charge >= 0.3 is 146 Å². The summed E-state index contributed by atoms with van der Waals surface area (Å²) >= 11 is 0. The Kier molecular flexibility index (Phi) is 0.603. The van der Waals surface area contributed by atoms with Gasteiger partial charge in [0.1, 0.15) is 0 Å². The Labute approximate surface area is 146 Å². The van der Waals surface area contributed by atoms with Gasteiger partial charge in [-0.3, -0.25) is 0 Å². The van der Waals surface area contributed by atoms with E-state index in [9.17, 15) is 0 Å². The maximum atomic E-state index is 2.43. The third-order valence-electron chi connectivity index (χ3n) is 16.7. The zero-order chi connectivity index (χ0) is 16.2. The van der Waals surface area contributed by atoms with E-state index >= 15 is 0 Å². The van der Waals surface area contributed by atoms with Gasteiger partial charge in [-0.2, -0.15) is 0 Å². The molecule has 10 heterocycles. The van der Waals surface area contributed by atoms with Crippen LogP contribution in [0, 0.1) is 0 Å². The van der Waals surface area contributed by atoms with Crippen LogP contribution in [0.2, 0.25) is 43.7 Å². The molecule has 10 fully saturated rings. The zero-order valence-corrected chi connectivity index (χ0v) is 16.6. The molecule has 4 unspecified atom stereocenters. The summed E-state index contributed by atoms with van der Waals surface area (Å²) in [5.41, 5.74) is 3.31. The molecule has 2 aromatic carbocycles. The van der Waals surface area contributed by atoms with Crippen LogP contribution in [0.4, 0.5) is 0 Å². The maximum absolute atomic E-state index is 2.89. The predicted molar refractivity (Wildman–Crippen MR) is 104 cm³/mol. The van der Waals surface area contributed by atoms with Crippen molar-refractivity contribution >= 4 is 7.92 Å². The fourth-order valence-corrected chi connectivity index (χ4v) is 102. The van der Waals surface area contributed by atoms with E-state index in [1.165, 1.54) is 56.0 Å². The molecule has 0 aromatic heterocycles. The van der Waals surface area contributed by atoms with Crippen molar-refractivity contribution in [2.45, 2.75) is 60.1 Å². The summed E-state index contributed by atoms with van der Waals surface area (Å²) in [5, 5.41) is 0. The van der Waals surface area contributed by atoms with Crippen molar-refractivity contribution in [3.05, 3.63) is 71.8 Å². The van der Waals surface area contributed by atoms with Gasteiger partial charge in [0.15, 0.2) is 0 Å². The fraction of sp³-hybridized carbons (Fsp3) is 0.500. The van der Waals surface area contributed by atoms with Gasteiger partial charge in [-0.05, 0) is 0 Å². The molecule has 0 nitrogen and oxygen atoms in total. The van der Waals surface area contributed by atoms with Crippen LogP contribution in [0.25, 0.3) is 0 Å². The standard InChI is InChI=1S/C19H18P.C5H5.Co/c1-3-9-17(10-4-1)15-20(19-13-7-8-14-19)16-18-11-5-2-6-12-18;1-2-4-5-3-1;/h1-14H,15-16H2;1-5H;. The first kappa shape index (κ1) is 11.4. The second-order valence-corrected chi connectivity index (χ2v) is 38.1. The Morgan fingerprint density at radius 1 is 0.615 bits per heavy atom. The Morgan fingerprint density at radius 3 is 1.35 bits per heavy atom. The van der Waals surface area contributed by atoms with Crippen molar-refractivity contribution < 1.29 is 6.37 Å². The van der Waals surface area contributed by atoms with Crippen LogP contribution in [-0.4, -0.2) is 4.09 Å². The van der Waals surface area contributed by atoms with Crippen molar-refractivity contribution in [1.29, 1.82) is 0 Å². The molecule has 0 N–H and O–H groups in total. The van der Waals surface area contributed by atoms with Gasteiger partial charge in [0.05, 0.1) is 0 Å². The monoisotopic (exact) mass is 401 g/mol. The first-order chi connectivity index (χ1) is 12.6. The van der Waals surface area contributed by atoms with Crippen molar-refractivity contribution in [2.75, 3.05) is 0 Å². The Morgan fingerprint density at radius 2 is 1.04 bits per heavy atom. The molecule has 26 heavy (non-hydrogen) atoms. The molecule has 2 aromatic rings. The molecule has 0 bridgehead atoms. The van der Waals surface area contributed by atoms with Crippen molar-refractivity contribution in [1.82, 2.24) is 0 Å². The average molecular weight is 401 g/mol. The van der Waals surface area contributed by atoms with Crippen LogP contribution >= 0.6 is 7.92 Å². The third-order valence-corrected chi connectivity index (χ3v) is 63.8. The number of fused-ring (bicyclic) bond motifs is 10. The van der Waals surface area contributed by atoms with E-state index < -0.39 is 6.37 Å². The number of hydrogen-bond donors (Lipinski definition) is 0. The quantitative estimate of drug-likeness (QED) is 0.466. The van der Waals surface area contributed by atoms with E-state index in [1.54, 1.807) is 11.1 Å². The summed E-state index contributed by atoms with van der Waals surface area (Å²) in [6, 6.07) is 23.3. The summed E-state index contributed by atoms with van der Waals surface area (Å²) in [7, 11) is 0.167. The molecule has 10 aliphatic rings. The number of rotatable bonds is 5. The summed E-state index contributed by atoms with van der Waals surface area (Å²) < 4.78 is 1.08. The van der Waals surface area contributed by atoms with E-state index in [4.69, 9.17) is 0 Å². The van der Waals surface area contributed by atoms with Gasteiger partial charge in [0.2, 0.25) is 0 Å². The molecule has 0 amide bonds. The normalized spacial score (nSPS) is 82.0. The van der Waals surface area contributed by atoms with Crippen LogP contribution in [-0.2, 0) is 18.7 Å². The van der Waals surface area contributed by atoms with E-state index in [2.05, 4.69) is 60.7 Å². The molecule has 4 atom stereocenters. The number of benzene rings is 2. The second kappa shape index (κ2) is 1.38. The molecule has 2 heteroatoms. The molecule has 10 aliphatic heterocycles. The van der Waals surface area contributed by atoms with Crippen LogP contribution < -0.4 is 0 Å². The summed E-state index contributed by atoms with van der Waals surface area (Å²) in [6.45, 7) is 0. The van der Waals surface area contributed by atoms with Crippen LogP contribution in [0.3, 0.4) is 0 Å². The van der Waals surface area contributed by atoms with Crippen LogP contribution in [0.15, 0.2) is 60.7 Å². The molecule has 1 spiro atoms. The molecule has 0 saturated carbocycles. The van der Waals surface area contributed by atoms with Crippen LogP contribution in [0.5, 0.6) is 0 Å². The van der Waals surface area contributed by atoms with E-state index in [0.717, 1.165) is 4.09 Å². The molecular formula is C24H23CoP. The van der Waals surface area contributed by atoms with Crippen LogP contribution in [0.1, 0.15) is 11.1 Å². The van der Waals surface area contributed by atoms with Gasteiger partial charge in [-0.1, -0.05) is 0 Å². The first-order valence-corrected chi connectivity index (χ1v) is 18.2. The van der Waals surface area contributed by atoms with Crippen molar-refractivity contribution in [3.8, 4) is 0 Å². The average Bonchev–Trinajstić information content (AvgIpc) is 3.62. The minimum atomic E-state index is -2.89. The molecule has 0 radical (unpaired) electrons. The van der Waals surface area contributed by atoms with Gasteiger partial charge < -0.3 is 0 Å². The zero-order valence-electron chi connectivity index (χ0n) is 14.7. The first-order valence-electron chi connectivity index (χ1n) is 10.5. The Balaban J connectivity index is 1.14. The molecular weight excluding hydrogens is 378 g/mol. The van der Waals surface area contributed by atoms with Gasteiger partial charge in [-0.25, -0.2) is 0 Å². The summed E-state index contributed by atoms with van der Waals surface area (Å²) in [6.07, 6.45) is 0.0154. The number of hydrogen-bond acceptors (Lipinski definition) is 0. The Bertz CT molecular complexity index is 1340. The third kappa shape index (κ3) is 0.199. The predicted octanol–water partition coefficient (Wildman–Crippen LogP) is 7.17. The minimum absolute atomic E-state index is 0.167. The van der Waals surface area contributed by atoms with Crippen molar-refractivity contribution in [3.63, 3.8) is 0 Å². The van der Waals surface area contributed by atoms with Gasteiger partial charge in [0, 0.05) is 0 Å². The molecule has 0 aliphatic carbocycles. The topological polar surface area (TPSA) is 0 Å². The summed E-state index contributed by atoms with van der Waals surface area (Å²) in [4.78, 5) is 13.1. The fourth-order valence-electron chi connectivity index (χ4n) is 17.8. The molecule has 12 rings (SSSR count). The Hall–Kier alpha value is -0.624. The van der Waals surface area contributed by atoms with Gasteiger partial charge in [-0.15, -0.1) is 0 Å².